The van der Waals surface area contributed by atoms with Crippen molar-refractivity contribution < 1.29 is 42.1 Å². The van der Waals surface area contributed by atoms with Crippen LogP contribution in [0, 0.1) is 0 Å². The van der Waals surface area contributed by atoms with E-state index in [0.717, 1.165) is 64.2 Å². The normalized spacial score (nSPS) is 13.3. The second-order valence-electron chi connectivity index (χ2n) is 30.9. The maximum absolute atomic E-state index is 12.9. The third-order valence-electron chi connectivity index (χ3n) is 19.7. The molecular weight excluding hydrogens is 1250 g/mol. The Hall–Kier alpha value is -2.55. The molecule has 0 aliphatic rings. The van der Waals surface area contributed by atoms with E-state index in [0.29, 0.717) is 23.9 Å². The summed E-state index contributed by atoms with van der Waals surface area (Å²) >= 11 is 0. The number of nitrogens with zero attached hydrogens (tertiary/aromatic N) is 1. The number of quaternary nitrogens is 1. The van der Waals surface area contributed by atoms with Gasteiger partial charge in [0, 0.05) is 12.8 Å². The van der Waals surface area contributed by atoms with Gasteiger partial charge >= 0.3 is 19.8 Å². The van der Waals surface area contributed by atoms with Gasteiger partial charge in [-0.05, 0) is 83.5 Å². The highest BCUT2D eigenvalue weighted by Gasteiger charge is 2.27. The number of phosphoric ester groups is 1. The number of allylic oxidation sites excluding steroid dienone is 12. The standard InChI is InChI=1S/C90H168NO8P/c1-6-8-10-12-14-16-18-20-22-24-26-28-30-32-34-36-38-40-42-44-45-47-48-50-52-54-56-58-60-62-64-66-68-70-72-74-76-78-80-82-89(92)96-86-88(87-98-100(94,95)97-85-84-91(3,4)5)99-90(93)83-81-79-77-75-73-71-69-67-65-63-61-59-57-55-53-51-49-46-43-41-39-37-35-33-31-29-27-25-23-21-19-17-15-13-11-9-7-2/h9,11,15,17-18,20-21,23-24,26-27,29,88H,6-8,10,12-14,16,19,22,25,28,30-87H2,1-5H3/p+1/b11-9-,17-15-,20-18-,23-21-,26-24-,29-27-. The summed E-state index contributed by atoms with van der Waals surface area (Å²) in [6.45, 7) is 4.39. The van der Waals surface area contributed by atoms with E-state index >= 15 is 0 Å². The van der Waals surface area contributed by atoms with Crippen molar-refractivity contribution in [1.29, 1.82) is 0 Å². The molecule has 2 atom stereocenters. The topological polar surface area (TPSA) is 108 Å². The minimum atomic E-state index is -4.40. The summed E-state index contributed by atoms with van der Waals surface area (Å²) < 4.78 is 34.9. The van der Waals surface area contributed by atoms with Gasteiger partial charge in [0.1, 0.15) is 19.8 Å². The van der Waals surface area contributed by atoms with Crippen molar-refractivity contribution in [1.82, 2.24) is 0 Å². The maximum atomic E-state index is 12.9. The number of phosphoric acid groups is 1. The number of esters is 2. The molecule has 10 heteroatoms. The number of likely N-dealkylation sites (N-methyl/N-ethyl adjacent to an activating group) is 1. The summed E-state index contributed by atoms with van der Waals surface area (Å²) in [5.74, 6) is -0.771. The molecule has 0 heterocycles. The van der Waals surface area contributed by atoms with Crippen molar-refractivity contribution in [3.63, 3.8) is 0 Å². The summed E-state index contributed by atoms with van der Waals surface area (Å²) in [6.07, 6.45) is 111. The molecule has 0 rings (SSSR count). The van der Waals surface area contributed by atoms with Gasteiger partial charge in [-0.1, -0.05) is 414 Å². The Morgan fingerprint density at radius 2 is 0.570 bits per heavy atom. The Morgan fingerprint density at radius 3 is 0.850 bits per heavy atom. The zero-order valence-corrected chi connectivity index (χ0v) is 68.1. The van der Waals surface area contributed by atoms with Crippen LogP contribution in [0.5, 0.6) is 0 Å². The van der Waals surface area contributed by atoms with E-state index in [2.05, 4.69) is 86.8 Å². The molecule has 0 fully saturated rings. The van der Waals surface area contributed by atoms with Crippen molar-refractivity contribution >= 4 is 19.8 Å². The van der Waals surface area contributed by atoms with Gasteiger partial charge in [0.25, 0.3) is 0 Å². The molecule has 0 aliphatic heterocycles. The molecule has 0 saturated carbocycles. The first kappa shape index (κ1) is 97.4. The van der Waals surface area contributed by atoms with Crippen LogP contribution in [0.4, 0.5) is 0 Å². The van der Waals surface area contributed by atoms with E-state index in [9.17, 15) is 19.0 Å². The predicted molar refractivity (Wildman–Crippen MR) is 436 cm³/mol. The Morgan fingerprint density at radius 1 is 0.320 bits per heavy atom. The number of ether oxygens (including phenoxy) is 2. The molecule has 0 aliphatic carbocycles. The quantitative estimate of drug-likeness (QED) is 0.0211. The van der Waals surface area contributed by atoms with Crippen molar-refractivity contribution in [3.05, 3.63) is 72.9 Å². The third kappa shape index (κ3) is 84.4. The van der Waals surface area contributed by atoms with Crippen LogP contribution < -0.4 is 0 Å². The number of carbonyl (C=O) groups excluding carboxylic acids is 2. The fourth-order valence-electron chi connectivity index (χ4n) is 13.1. The minimum absolute atomic E-state index is 0.0342. The first-order chi connectivity index (χ1) is 49.0. The summed E-state index contributed by atoms with van der Waals surface area (Å²) in [7, 11) is 1.50. The van der Waals surface area contributed by atoms with Crippen LogP contribution in [0.2, 0.25) is 0 Å². The van der Waals surface area contributed by atoms with Gasteiger partial charge in [-0.3, -0.25) is 18.6 Å². The summed E-state index contributed by atoms with van der Waals surface area (Å²) in [4.78, 5) is 36.1. The molecule has 0 bridgehead atoms. The van der Waals surface area contributed by atoms with Gasteiger partial charge in [0.05, 0.1) is 27.7 Å². The molecule has 9 nitrogen and oxygen atoms in total. The zero-order chi connectivity index (χ0) is 72.5. The maximum Gasteiger partial charge on any atom is 0.472 e. The molecule has 0 aromatic carbocycles. The lowest BCUT2D eigenvalue weighted by Crippen LogP contribution is -2.37. The molecular formula is C90H169NO8P+. The van der Waals surface area contributed by atoms with Gasteiger partial charge in [0.2, 0.25) is 0 Å². The highest BCUT2D eigenvalue weighted by Crippen LogP contribution is 2.43. The number of rotatable bonds is 82. The second kappa shape index (κ2) is 80.5. The van der Waals surface area contributed by atoms with Crippen LogP contribution in [0.15, 0.2) is 72.9 Å². The van der Waals surface area contributed by atoms with Crippen molar-refractivity contribution in [2.24, 2.45) is 0 Å². The van der Waals surface area contributed by atoms with E-state index in [4.69, 9.17) is 18.5 Å². The lowest BCUT2D eigenvalue weighted by Gasteiger charge is -2.24. The van der Waals surface area contributed by atoms with E-state index in [-0.39, 0.29) is 25.6 Å². The summed E-state index contributed by atoms with van der Waals surface area (Å²) in [5.41, 5.74) is 0. The van der Waals surface area contributed by atoms with E-state index in [1.54, 1.807) is 0 Å². The van der Waals surface area contributed by atoms with Crippen LogP contribution in [0.25, 0.3) is 0 Å². The smallest absolute Gasteiger partial charge is 0.462 e. The number of unbranched alkanes of at least 4 members (excludes halogenated alkanes) is 56. The number of hydrogen-bond acceptors (Lipinski definition) is 7. The Balaban J connectivity index is 3.86. The van der Waals surface area contributed by atoms with Gasteiger partial charge in [-0.2, -0.15) is 0 Å². The highest BCUT2D eigenvalue weighted by atomic mass is 31.2. The van der Waals surface area contributed by atoms with Crippen molar-refractivity contribution in [2.75, 3.05) is 47.5 Å². The SMILES string of the molecule is CC/C=C\C/C=C\C/C=C\C/C=C\CCCCCCCCCCCCCCCCCCCCCCCCCCC(=O)OC(COC(=O)CCCCCCCCCCCCCCCCCCCCCCCCCCCCC/C=C\C/C=C\CCCCCCC)COP(=O)(O)OCC[N+](C)(C)C. The van der Waals surface area contributed by atoms with Crippen molar-refractivity contribution in [2.45, 2.75) is 444 Å². The average molecular weight is 1420 g/mol. The lowest BCUT2D eigenvalue weighted by molar-refractivity contribution is -0.870. The molecule has 1 N–H and O–H groups in total. The van der Waals surface area contributed by atoms with Gasteiger partial charge in [-0.25, -0.2) is 4.57 Å². The minimum Gasteiger partial charge on any atom is -0.462 e. The Kier molecular flexibility index (Phi) is 78.5. The average Bonchev–Trinajstić information content (AvgIpc) is 1.02. The van der Waals surface area contributed by atoms with Gasteiger partial charge < -0.3 is 18.9 Å². The van der Waals surface area contributed by atoms with Crippen LogP contribution in [0.3, 0.4) is 0 Å². The molecule has 0 saturated heterocycles. The molecule has 0 aromatic heterocycles. The van der Waals surface area contributed by atoms with Gasteiger partial charge in [0.15, 0.2) is 6.10 Å². The highest BCUT2D eigenvalue weighted by molar-refractivity contribution is 7.47. The van der Waals surface area contributed by atoms with Crippen LogP contribution in [-0.2, 0) is 32.7 Å². The molecule has 2 unspecified atom stereocenters. The van der Waals surface area contributed by atoms with Crippen LogP contribution in [0.1, 0.15) is 438 Å². The molecule has 586 valence electrons. The van der Waals surface area contributed by atoms with E-state index < -0.39 is 26.5 Å². The molecule has 0 spiro atoms. The fourth-order valence-corrected chi connectivity index (χ4v) is 13.8. The molecule has 0 amide bonds. The summed E-state index contributed by atoms with van der Waals surface area (Å²) in [6, 6.07) is 0. The number of hydrogen-bond donors (Lipinski definition) is 1. The zero-order valence-electron chi connectivity index (χ0n) is 67.2. The molecule has 100 heavy (non-hydrogen) atoms. The molecule has 0 aromatic rings. The van der Waals surface area contributed by atoms with Gasteiger partial charge in [-0.15, -0.1) is 0 Å². The summed E-state index contributed by atoms with van der Waals surface area (Å²) in [5, 5.41) is 0. The number of carbonyl (C=O) groups is 2. The largest absolute Gasteiger partial charge is 0.472 e. The third-order valence-corrected chi connectivity index (χ3v) is 20.7. The van der Waals surface area contributed by atoms with Crippen molar-refractivity contribution in [3.8, 4) is 0 Å². The fraction of sp³-hybridized carbons (Fsp3) is 0.844. The second-order valence-corrected chi connectivity index (χ2v) is 32.4. The van der Waals surface area contributed by atoms with E-state index in [1.165, 1.54) is 340 Å². The monoisotopic (exact) mass is 1420 g/mol. The lowest BCUT2D eigenvalue weighted by atomic mass is 10.0. The Bertz CT molecular complexity index is 1920. The van der Waals surface area contributed by atoms with Crippen LogP contribution in [-0.4, -0.2) is 74.9 Å². The predicted octanol–water partition coefficient (Wildman–Crippen LogP) is 29.4. The first-order valence-electron chi connectivity index (χ1n) is 43.7. The Labute approximate surface area is 622 Å². The van der Waals surface area contributed by atoms with Crippen LogP contribution >= 0.6 is 7.82 Å². The molecule has 0 radical (unpaired) electrons. The first-order valence-corrected chi connectivity index (χ1v) is 45.2. The van der Waals surface area contributed by atoms with E-state index in [1.807, 2.05) is 21.1 Å².